The van der Waals surface area contributed by atoms with E-state index in [1.807, 2.05) is 0 Å². The van der Waals surface area contributed by atoms with Gasteiger partial charge in [-0.3, -0.25) is 4.79 Å². The van der Waals surface area contributed by atoms with Gasteiger partial charge in [0, 0.05) is 6.42 Å². The summed E-state index contributed by atoms with van der Waals surface area (Å²) in [7, 11) is 0. The molecule has 340 valence electrons. The summed E-state index contributed by atoms with van der Waals surface area (Å²) in [4.78, 5) is 13.0. The molecule has 57 heavy (non-hydrogen) atoms. The molecule has 7 atom stereocenters. The summed E-state index contributed by atoms with van der Waals surface area (Å²) in [6.07, 6.45) is 36.8. The molecule has 9 nitrogen and oxygen atoms in total. The minimum Gasteiger partial charge on any atom is -0.394 e. The molecule has 6 N–H and O–H groups in total. The highest BCUT2D eigenvalue weighted by atomic mass is 16.7. The molecule has 1 saturated heterocycles. The van der Waals surface area contributed by atoms with Gasteiger partial charge < -0.3 is 40.3 Å². The van der Waals surface area contributed by atoms with Crippen LogP contribution in [0, 0.1) is 0 Å². The summed E-state index contributed by atoms with van der Waals surface area (Å²) in [5.74, 6) is -0.139. The van der Waals surface area contributed by atoms with Crippen molar-refractivity contribution in [2.24, 2.45) is 0 Å². The fourth-order valence-corrected chi connectivity index (χ4v) is 8.22. The minimum absolute atomic E-state index is 0.132. The number of rotatable bonds is 42. The van der Waals surface area contributed by atoms with Crippen LogP contribution in [-0.4, -0.2) is 87.5 Å². The third kappa shape index (κ3) is 30.0. The second-order valence-electron chi connectivity index (χ2n) is 17.6. The lowest BCUT2D eigenvalue weighted by molar-refractivity contribution is -0.302. The number of ether oxygens (including phenoxy) is 2. The van der Waals surface area contributed by atoms with Gasteiger partial charge >= 0.3 is 0 Å². The van der Waals surface area contributed by atoms with Gasteiger partial charge in [-0.05, 0) is 12.8 Å². The quantitative estimate of drug-likeness (QED) is 0.0334. The van der Waals surface area contributed by atoms with E-state index in [9.17, 15) is 30.3 Å². The molecule has 1 amide bonds. The zero-order valence-electron chi connectivity index (χ0n) is 37.4. The van der Waals surface area contributed by atoms with Crippen LogP contribution < -0.4 is 5.32 Å². The first-order valence-corrected chi connectivity index (χ1v) is 24.7. The van der Waals surface area contributed by atoms with Gasteiger partial charge in [0.05, 0.1) is 25.4 Å². The average Bonchev–Trinajstić information content (AvgIpc) is 3.21. The Kier molecular flexibility index (Phi) is 37.4. The predicted molar refractivity (Wildman–Crippen MR) is 235 cm³/mol. The molecule has 0 radical (unpaired) electrons. The third-order valence-electron chi connectivity index (χ3n) is 12.2. The molecule has 0 aliphatic carbocycles. The van der Waals surface area contributed by atoms with E-state index in [-0.39, 0.29) is 12.5 Å². The van der Waals surface area contributed by atoms with Gasteiger partial charge in [0.15, 0.2) is 6.29 Å². The lowest BCUT2D eigenvalue weighted by Gasteiger charge is -2.40. The molecule has 0 saturated carbocycles. The van der Waals surface area contributed by atoms with Gasteiger partial charge in [-0.2, -0.15) is 0 Å². The Morgan fingerprint density at radius 3 is 1.25 bits per heavy atom. The average molecular weight is 814 g/mol. The summed E-state index contributed by atoms with van der Waals surface area (Å²) >= 11 is 0. The number of amides is 1. The van der Waals surface area contributed by atoms with Crippen LogP contribution in [0.3, 0.4) is 0 Å². The SMILES string of the molecule is CCCCCCCCCCCCCCCCCCCCCCCC(=O)NC(CO[C@@H]1O[C@H](CO)[C@@H](O)[C@H](O)[C@H]1O)C(O)CCCCCCCCCCCCCCC. The van der Waals surface area contributed by atoms with Crippen molar-refractivity contribution in [1.82, 2.24) is 5.32 Å². The van der Waals surface area contributed by atoms with E-state index in [1.54, 1.807) is 0 Å². The number of unbranched alkanes of at least 4 members (excludes halogenated alkanes) is 32. The Balaban J connectivity index is 2.24. The van der Waals surface area contributed by atoms with Gasteiger partial charge in [-0.15, -0.1) is 0 Å². The lowest BCUT2D eigenvalue weighted by atomic mass is 9.99. The maximum atomic E-state index is 13.0. The van der Waals surface area contributed by atoms with Gasteiger partial charge in [0.25, 0.3) is 0 Å². The van der Waals surface area contributed by atoms with Crippen molar-refractivity contribution >= 4 is 5.91 Å². The first-order valence-electron chi connectivity index (χ1n) is 24.7. The zero-order chi connectivity index (χ0) is 41.6. The summed E-state index contributed by atoms with van der Waals surface area (Å²) in [5, 5.41) is 54.4. The standard InChI is InChI=1S/C48H95NO8/c1-3-5-7-9-11-13-15-17-18-19-20-21-22-23-24-26-28-30-32-34-36-38-44(52)49-41(40-56-48-47(55)46(54)45(53)43(39-50)57-48)42(51)37-35-33-31-29-27-25-16-14-12-10-8-6-4-2/h41-43,45-48,50-51,53-55H,3-40H2,1-2H3,(H,49,52)/t41?,42?,43-,45-,46+,47-,48-/m1/s1. The lowest BCUT2D eigenvalue weighted by Crippen LogP contribution is -2.60. The van der Waals surface area contributed by atoms with E-state index >= 15 is 0 Å². The first-order chi connectivity index (χ1) is 27.8. The first kappa shape index (κ1) is 54.2. The monoisotopic (exact) mass is 814 g/mol. The van der Waals surface area contributed by atoms with Crippen molar-refractivity contribution < 1.29 is 39.8 Å². The van der Waals surface area contributed by atoms with Crippen molar-refractivity contribution in [3.8, 4) is 0 Å². The Morgan fingerprint density at radius 1 is 0.526 bits per heavy atom. The number of hydrogen-bond donors (Lipinski definition) is 6. The van der Waals surface area contributed by atoms with Crippen LogP contribution in [-0.2, 0) is 14.3 Å². The summed E-state index contributed by atoms with van der Waals surface area (Å²) in [6.45, 7) is 3.85. The Hall–Kier alpha value is -0.810. The molecule has 0 bridgehead atoms. The topological polar surface area (TPSA) is 149 Å². The molecule has 0 aromatic heterocycles. The largest absolute Gasteiger partial charge is 0.394 e. The van der Waals surface area contributed by atoms with E-state index in [4.69, 9.17) is 9.47 Å². The number of nitrogens with one attached hydrogen (secondary N) is 1. The molecule has 0 aromatic rings. The second kappa shape index (κ2) is 39.3. The highest BCUT2D eigenvalue weighted by Gasteiger charge is 2.44. The van der Waals surface area contributed by atoms with Crippen LogP contribution in [0.4, 0.5) is 0 Å². The molecule has 1 fully saturated rings. The van der Waals surface area contributed by atoms with Crippen LogP contribution >= 0.6 is 0 Å². The Labute approximate surface area is 351 Å². The summed E-state index contributed by atoms with van der Waals surface area (Å²) in [6, 6.07) is -0.711. The molecular weight excluding hydrogens is 719 g/mol. The molecule has 1 heterocycles. The van der Waals surface area contributed by atoms with Crippen molar-refractivity contribution in [1.29, 1.82) is 0 Å². The third-order valence-corrected chi connectivity index (χ3v) is 12.2. The van der Waals surface area contributed by atoms with Gasteiger partial charge in [0.2, 0.25) is 5.91 Å². The van der Waals surface area contributed by atoms with Crippen LogP contribution in [0.2, 0.25) is 0 Å². The number of aliphatic hydroxyl groups is 5. The molecule has 9 heteroatoms. The maximum Gasteiger partial charge on any atom is 0.220 e. The molecule has 0 aromatic carbocycles. The van der Waals surface area contributed by atoms with Gasteiger partial charge in [-0.25, -0.2) is 0 Å². The van der Waals surface area contributed by atoms with E-state index in [1.165, 1.54) is 180 Å². The fourth-order valence-electron chi connectivity index (χ4n) is 8.22. The highest BCUT2D eigenvalue weighted by molar-refractivity contribution is 5.76. The molecule has 0 spiro atoms. The minimum atomic E-state index is -1.55. The van der Waals surface area contributed by atoms with Gasteiger partial charge in [-0.1, -0.05) is 226 Å². The van der Waals surface area contributed by atoms with E-state index in [2.05, 4.69) is 19.2 Å². The number of hydrogen-bond acceptors (Lipinski definition) is 8. The van der Waals surface area contributed by atoms with Gasteiger partial charge in [0.1, 0.15) is 24.4 Å². The predicted octanol–water partition coefficient (Wildman–Crippen LogP) is 10.7. The van der Waals surface area contributed by atoms with Crippen molar-refractivity contribution in [3.05, 3.63) is 0 Å². The maximum absolute atomic E-state index is 13.0. The smallest absolute Gasteiger partial charge is 0.220 e. The summed E-state index contributed by atoms with van der Waals surface area (Å²) in [5.41, 5.74) is 0. The van der Waals surface area contributed by atoms with Crippen LogP contribution in [0.25, 0.3) is 0 Å². The zero-order valence-corrected chi connectivity index (χ0v) is 37.4. The normalized spacial score (nSPS) is 20.9. The van der Waals surface area contributed by atoms with E-state index in [0.29, 0.717) is 12.8 Å². The molecular formula is C48H95NO8. The van der Waals surface area contributed by atoms with Crippen LogP contribution in [0.5, 0.6) is 0 Å². The van der Waals surface area contributed by atoms with E-state index < -0.39 is 49.5 Å². The Morgan fingerprint density at radius 2 is 0.877 bits per heavy atom. The van der Waals surface area contributed by atoms with Crippen LogP contribution in [0.1, 0.15) is 245 Å². The number of carbonyl (C=O) groups excluding carboxylic acids is 1. The molecule has 1 aliphatic heterocycles. The number of carbonyl (C=O) groups is 1. The number of aliphatic hydroxyl groups excluding tert-OH is 5. The summed E-state index contributed by atoms with van der Waals surface area (Å²) < 4.78 is 11.3. The van der Waals surface area contributed by atoms with Crippen LogP contribution in [0.15, 0.2) is 0 Å². The highest BCUT2D eigenvalue weighted by Crippen LogP contribution is 2.23. The van der Waals surface area contributed by atoms with Crippen molar-refractivity contribution in [2.45, 2.75) is 288 Å². The fraction of sp³-hybridized carbons (Fsp3) is 0.979. The van der Waals surface area contributed by atoms with Crippen molar-refractivity contribution in [2.75, 3.05) is 13.2 Å². The Bertz CT molecular complexity index is 862. The molecule has 1 aliphatic rings. The molecule has 2 unspecified atom stereocenters. The van der Waals surface area contributed by atoms with E-state index in [0.717, 1.165) is 38.5 Å². The van der Waals surface area contributed by atoms with Crippen molar-refractivity contribution in [3.63, 3.8) is 0 Å². The second-order valence-corrected chi connectivity index (χ2v) is 17.6. The molecule has 1 rings (SSSR count).